The van der Waals surface area contributed by atoms with Gasteiger partial charge in [-0.15, -0.1) is 0 Å². The van der Waals surface area contributed by atoms with Crippen LogP contribution in [0.2, 0.25) is 0 Å². The van der Waals surface area contributed by atoms with Crippen LogP contribution >= 0.6 is 11.8 Å². The molecule has 0 aliphatic rings. The predicted octanol–water partition coefficient (Wildman–Crippen LogP) is 4.68. The Kier molecular flexibility index (Phi) is 4.88. The van der Waals surface area contributed by atoms with Crippen molar-refractivity contribution in [2.75, 3.05) is 12.6 Å². The van der Waals surface area contributed by atoms with Crippen LogP contribution in [-0.2, 0) is 11.3 Å². The van der Waals surface area contributed by atoms with Crippen LogP contribution in [0.4, 0.5) is 5.69 Å². The van der Waals surface area contributed by atoms with Gasteiger partial charge >= 0.3 is 0 Å². The van der Waals surface area contributed by atoms with Crippen molar-refractivity contribution < 1.29 is 4.84 Å². The van der Waals surface area contributed by atoms with Gasteiger partial charge in [-0.1, -0.05) is 36.9 Å². The topological polar surface area (TPSA) is 21.3 Å². The minimum absolute atomic E-state index is 0.985. The minimum atomic E-state index is 0.985. The Morgan fingerprint density at radius 2 is 1.95 bits per heavy atom. The van der Waals surface area contributed by atoms with Crippen LogP contribution in [0.3, 0.4) is 0 Å². The molecule has 0 spiro atoms. The third-order valence-corrected chi connectivity index (χ3v) is 3.94. The highest BCUT2D eigenvalue weighted by molar-refractivity contribution is 7.99. The van der Waals surface area contributed by atoms with E-state index in [1.54, 1.807) is 18.9 Å². The van der Waals surface area contributed by atoms with E-state index in [4.69, 9.17) is 4.84 Å². The molecule has 0 fully saturated rings. The second kappa shape index (κ2) is 6.64. The van der Waals surface area contributed by atoms with E-state index in [0.29, 0.717) is 0 Å². The Bertz CT molecular complexity index is 554. The normalized spacial score (nSPS) is 10.5. The first-order valence-electron chi connectivity index (χ1n) is 6.39. The van der Waals surface area contributed by atoms with Crippen LogP contribution in [0.1, 0.15) is 18.1 Å². The molecule has 0 saturated heterocycles. The molecule has 3 heteroatoms. The molecule has 0 aromatic heterocycles. The van der Waals surface area contributed by atoms with Gasteiger partial charge in [0.05, 0.1) is 12.8 Å². The lowest BCUT2D eigenvalue weighted by atomic mass is 10.2. The SMILES string of the molecule is CCc1ccccc1Sc1cc(C)cc(NOC)c1. The molecule has 0 radical (unpaired) electrons. The summed E-state index contributed by atoms with van der Waals surface area (Å²) in [6.07, 6.45) is 1.05. The maximum atomic E-state index is 4.97. The van der Waals surface area contributed by atoms with E-state index in [0.717, 1.165) is 12.1 Å². The molecule has 0 unspecified atom stereocenters. The van der Waals surface area contributed by atoms with Crippen molar-refractivity contribution in [3.63, 3.8) is 0 Å². The van der Waals surface area contributed by atoms with Crippen molar-refractivity contribution in [1.82, 2.24) is 0 Å². The van der Waals surface area contributed by atoms with E-state index in [2.05, 4.69) is 61.8 Å². The molecule has 0 atom stereocenters. The third kappa shape index (κ3) is 3.75. The summed E-state index contributed by atoms with van der Waals surface area (Å²) in [5.74, 6) is 0. The molecule has 0 bridgehead atoms. The Morgan fingerprint density at radius 1 is 1.16 bits per heavy atom. The van der Waals surface area contributed by atoms with Crippen molar-refractivity contribution in [2.45, 2.75) is 30.1 Å². The van der Waals surface area contributed by atoms with Crippen molar-refractivity contribution >= 4 is 17.4 Å². The van der Waals surface area contributed by atoms with E-state index in [-0.39, 0.29) is 0 Å². The summed E-state index contributed by atoms with van der Waals surface area (Å²) < 4.78 is 0. The Morgan fingerprint density at radius 3 is 2.68 bits per heavy atom. The lowest BCUT2D eigenvalue weighted by Gasteiger charge is -2.10. The summed E-state index contributed by atoms with van der Waals surface area (Å²) in [6, 6.07) is 14.9. The van der Waals surface area contributed by atoms with E-state index in [9.17, 15) is 0 Å². The Hall–Kier alpha value is -1.45. The lowest BCUT2D eigenvalue weighted by Crippen LogP contribution is -1.96. The summed E-state index contributed by atoms with van der Waals surface area (Å²) in [5, 5.41) is 0. The lowest BCUT2D eigenvalue weighted by molar-refractivity contribution is 0.271. The van der Waals surface area contributed by atoms with Crippen LogP contribution in [0.15, 0.2) is 52.3 Å². The number of aryl methyl sites for hydroxylation is 2. The van der Waals surface area contributed by atoms with Gasteiger partial charge in [0.25, 0.3) is 0 Å². The zero-order valence-electron chi connectivity index (χ0n) is 11.6. The van der Waals surface area contributed by atoms with Gasteiger partial charge in [-0.2, -0.15) is 0 Å². The van der Waals surface area contributed by atoms with Gasteiger partial charge in [0.1, 0.15) is 0 Å². The molecule has 1 N–H and O–H groups in total. The average molecular weight is 273 g/mol. The molecule has 2 aromatic carbocycles. The molecule has 100 valence electrons. The van der Waals surface area contributed by atoms with Crippen molar-refractivity contribution in [1.29, 1.82) is 0 Å². The van der Waals surface area contributed by atoms with Crippen LogP contribution in [0, 0.1) is 6.92 Å². The minimum Gasteiger partial charge on any atom is -0.279 e. The van der Waals surface area contributed by atoms with Gasteiger partial charge in [-0.3, -0.25) is 10.3 Å². The van der Waals surface area contributed by atoms with Crippen LogP contribution in [-0.4, -0.2) is 7.11 Å². The van der Waals surface area contributed by atoms with Gasteiger partial charge in [0.2, 0.25) is 0 Å². The molecule has 2 aromatic rings. The van der Waals surface area contributed by atoms with Gasteiger partial charge in [0.15, 0.2) is 0 Å². The molecule has 2 nitrogen and oxygen atoms in total. The number of rotatable bonds is 5. The number of hydrogen-bond acceptors (Lipinski definition) is 3. The fraction of sp³-hybridized carbons (Fsp3) is 0.250. The van der Waals surface area contributed by atoms with E-state index in [1.807, 2.05) is 0 Å². The first kappa shape index (κ1) is 14.0. The van der Waals surface area contributed by atoms with Crippen LogP contribution < -0.4 is 5.48 Å². The fourth-order valence-corrected chi connectivity index (χ4v) is 3.18. The summed E-state index contributed by atoms with van der Waals surface area (Å²) in [4.78, 5) is 7.51. The first-order valence-corrected chi connectivity index (χ1v) is 7.21. The second-order valence-corrected chi connectivity index (χ2v) is 5.52. The highest BCUT2D eigenvalue weighted by Crippen LogP contribution is 2.32. The molecule has 0 saturated carbocycles. The van der Waals surface area contributed by atoms with Crippen molar-refractivity contribution in [3.05, 3.63) is 53.6 Å². The summed E-state index contributed by atoms with van der Waals surface area (Å²) in [7, 11) is 1.63. The summed E-state index contributed by atoms with van der Waals surface area (Å²) in [6.45, 7) is 4.28. The Labute approximate surface area is 119 Å². The second-order valence-electron chi connectivity index (χ2n) is 4.40. The van der Waals surface area contributed by atoms with Crippen LogP contribution in [0.5, 0.6) is 0 Å². The van der Waals surface area contributed by atoms with Crippen LogP contribution in [0.25, 0.3) is 0 Å². The molecule has 0 aliphatic carbocycles. The number of nitrogens with one attached hydrogen (secondary N) is 1. The first-order chi connectivity index (χ1) is 9.22. The van der Waals surface area contributed by atoms with E-state index >= 15 is 0 Å². The monoisotopic (exact) mass is 273 g/mol. The molecule has 0 amide bonds. The maximum absolute atomic E-state index is 4.97. The summed E-state index contributed by atoms with van der Waals surface area (Å²) in [5.41, 5.74) is 6.48. The Balaban J connectivity index is 2.27. The third-order valence-electron chi connectivity index (χ3n) is 2.85. The van der Waals surface area contributed by atoms with Gasteiger partial charge in [-0.05, 0) is 48.7 Å². The maximum Gasteiger partial charge on any atom is 0.0636 e. The fourth-order valence-electron chi connectivity index (χ4n) is 2.01. The quantitative estimate of drug-likeness (QED) is 0.799. The smallest absolute Gasteiger partial charge is 0.0636 e. The largest absolute Gasteiger partial charge is 0.279 e. The molecule has 2 rings (SSSR count). The average Bonchev–Trinajstić information content (AvgIpc) is 2.39. The highest BCUT2D eigenvalue weighted by atomic mass is 32.2. The molecule has 0 aliphatic heterocycles. The van der Waals surface area contributed by atoms with Gasteiger partial charge < -0.3 is 0 Å². The van der Waals surface area contributed by atoms with E-state index in [1.165, 1.54) is 20.9 Å². The molecular weight excluding hydrogens is 254 g/mol. The zero-order chi connectivity index (χ0) is 13.7. The summed E-state index contributed by atoms with van der Waals surface area (Å²) >= 11 is 1.80. The number of hydrogen-bond donors (Lipinski definition) is 1. The van der Waals surface area contributed by atoms with Crippen molar-refractivity contribution in [2.24, 2.45) is 0 Å². The molecular formula is C16H19NOS. The number of anilines is 1. The van der Waals surface area contributed by atoms with E-state index < -0.39 is 0 Å². The standard InChI is InChI=1S/C16H19NOS/c1-4-13-7-5-6-8-16(13)19-15-10-12(2)9-14(11-15)17-18-3/h5-11,17H,4H2,1-3H3. The van der Waals surface area contributed by atoms with Gasteiger partial charge in [0, 0.05) is 9.79 Å². The molecule has 0 heterocycles. The predicted molar refractivity (Wildman–Crippen MR) is 81.8 cm³/mol. The van der Waals surface area contributed by atoms with Gasteiger partial charge in [-0.25, -0.2) is 0 Å². The highest BCUT2D eigenvalue weighted by Gasteiger charge is 2.04. The van der Waals surface area contributed by atoms with Crippen molar-refractivity contribution in [3.8, 4) is 0 Å². The molecule has 19 heavy (non-hydrogen) atoms. The number of benzene rings is 2. The zero-order valence-corrected chi connectivity index (χ0v) is 12.4.